The number of hydrogen-bond acceptors (Lipinski definition) is 5. The van der Waals surface area contributed by atoms with Gasteiger partial charge in [0, 0.05) is 28.2 Å². The molecule has 1 amide bonds. The lowest BCUT2D eigenvalue weighted by Gasteiger charge is -2.20. The van der Waals surface area contributed by atoms with Crippen molar-refractivity contribution >= 4 is 50.7 Å². The number of aryl methyl sites for hydroxylation is 1. The summed E-state index contributed by atoms with van der Waals surface area (Å²) in [5.74, 6) is 0.419. The maximum atomic E-state index is 13.1. The summed E-state index contributed by atoms with van der Waals surface area (Å²) in [6.07, 6.45) is 3.75. The van der Waals surface area contributed by atoms with E-state index in [1.807, 2.05) is 67.7 Å². The number of carbonyl (C=O) groups is 1. The average molecular weight is 562 g/mol. The number of hydrazone groups is 1. The maximum Gasteiger partial charge on any atom is 0.283 e. The van der Waals surface area contributed by atoms with Crippen LogP contribution in [0.4, 0.5) is 0 Å². The Balaban J connectivity index is 1.23. The van der Waals surface area contributed by atoms with Gasteiger partial charge < -0.3 is 9.30 Å². The molecule has 41 heavy (non-hydrogen) atoms. The summed E-state index contributed by atoms with van der Waals surface area (Å²) < 4.78 is 8.18. The summed E-state index contributed by atoms with van der Waals surface area (Å²) in [5.41, 5.74) is 5.53. The van der Waals surface area contributed by atoms with E-state index >= 15 is 0 Å². The predicted octanol–water partition coefficient (Wildman–Crippen LogP) is 6.99. The van der Waals surface area contributed by atoms with Crippen molar-refractivity contribution in [2.45, 2.75) is 39.7 Å². The van der Waals surface area contributed by atoms with Crippen molar-refractivity contribution in [3.63, 3.8) is 0 Å². The van der Waals surface area contributed by atoms with Gasteiger partial charge in [-0.05, 0) is 53.9 Å². The number of rotatable bonds is 6. The molecular formula is C33H31N5O2S. The Morgan fingerprint density at radius 1 is 1.00 bits per heavy atom. The van der Waals surface area contributed by atoms with Gasteiger partial charge >= 0.3 is 0 Å². The molecule has 2 aliphatic rings. The maximum absolute atomic E-state index is 13.1. The van der Waals surface area contributed by atoms with Crippen LogP contribution in [0.25, 0.3) is 17.0 Å². The van der Waals surface area contributed by atoms with Gasteiger partial charge in [0.2, 0.25) is 5.17 Å². The van der Waals surface area contributed by atoms with E-state index in [1.165, 1.54) is 22.3 Å². The van der Waals surface area contributed by atoms with Gasteiger partial charge in [-0.25, -0.2) is 0 Å². The summed E-state index contributed by atoms with van der Waals surface area (Å²) in [4.78, 5) is 17.4. The van der Waals surface area contributed by atoms with E-state index in [1.54, 1.807) is 6.08 Å². The smallest absolute Gasteiger partial charge is 0.283 e. The van der Waals surface area contributed by atoms with Crippen LogP contribution in [0.2, 0.25) is 0 Å². The highest BCUT2D eigenvalue weighted by molar-refractivity contribution is 8.27. The largest absolute Gasteiger partial charge is 0.492 e. The van der Waals surface area contributed by atoms with Crippen LogP contribution >= 0.6 is 11.8 Å². The van der Waals surface area contributed by atoms with Crippen molar-refractivity contribution < 1.29 is 9.53 Å². The number of amides is 1. The van der Waals surface area contributed by atoms with Gasteiger partial charge in [0.1, 0.15) is 17.4 Å². The summed E-state index contributed by atoms with van der Waals surface area (Å²) in [7, 11) is 0. The molecule has 0 unspecified atom stereocenters. The molecule has 0 bridgehead atoms. The number of amidine groups is 2. The minimum atomic E-state index is -0.437. The third kappa shape index (κ3) is 5.35. The van der Waals surface area contributed by atoms with Gasteiger partial charge in [0.25, 0.3) is 5.91 Å². The van der Waals surface area contributed by atoms with Crippen LogP contribution in [0.3, 0.4) is 0 Å². The summed E-state index contributed by atoms with van der Waals surface area (Å²) in [6, 6.07) is 24.3. The minimum absolute atomic E-state index is 0.0217. The summed E-state index contributed by atoms with van der Waals surface area (Å²) in [6.45, 7) is 9.74. The zero-order valence-electron chi connectivity index (χ0n) is 23.5. The molecule has 0 aliphatic carbocycles. The van der Waals surface area contributed by atoms with Crippen LogP contribution < -0.4 is 4.74 Å². The van der Waals surface area contributed by atoms with Crippen LogP contribution in [0, 0.1) is 12.3 Å². The standard InChI is InChI=1S/C33H31N5O2S/c1-21-9-11-22(12-10-21)31-36-38-29(34)27(30(39)35-32(38)41-31)19-23-20-37(28-8-6-5-7-26(23)28)17-18-40-25-15-13-24(14-16-25)33(2,3)4/h5-16,19-20,34H,17-18H2,1-4H3/b27-19-,34-29?. The lowest BCUT2D eigenvalue weighted by atomic mass is 9.87. The fourth-order valence-corrected chi connectivity index (χ4v) is 5.75. The fourth-order valence-electron chi connectivity index (χ4n) is 4.85. The lowest BCUT2D eigenvalue weighted by molar-refractivity contribution is -0.114. The third-order valence-electron chi connectivity index (χ3n) is 7.19. The van der Waals surface area contributed by atoms with Crippen LogP contribution in [-0.2, 0) is 16.8 Å². The number of para-hydroxylation sites is 1. The van der Waals surface area contributed by atoms with Crippen molar-refractivity contribution in [3.8, 4) is 5.75 Å². The molecule has 3 aromatic carbocycles. The van der Waals surface area contributed by atoms with Gasteiger partial charge in [0.15, 0.2) is 5.84 Å². The average Bonchev–Trinajstić information content (AvgIpc) is 3.53. The molecule has 0 atom stereocenters. The predicted molar refractivity (Wildman–Crippen MR) is 168 cm³/mol. The molecule has 0 saturated carbocycles. The molecule has 7 nitrogen and oxygen atoms in total. The van der Waals surface area contributed by atoms with Crippen LogP contribution in [0.5, 0.6) is 5.75 Å². The van der Waals surface area contributed by atoms with Gasteiger partial charge in [0.05, 0.1) is 12.1 Å². The van der Waals surface area contributed by atoms with E-state index < -0.39 is 5.91 Å². The number of aliphatic imine (C=N–C) groups is 1. The molecule has 6 rings (SSSR count). The molecular weight excluding hydrogens is 530 g/mol. The molecule has 0 radical (unpaired) electrons. The van der Waals surface area contributed by atoms with Crippen molar-refractivity contribution in [1.29, 1.82) is 5.41 Å². The number of thioether (sulfide) groups is 1. The monoisotopic (exact) mass is 561 g/mol. The highest BCUT2D eigenvalue weighted by atomic mass is 32.2. The summed E-state index contributed by atoms with van der Waals surface area (Å²) in [5, 5.41) is 17.0. The second-order valence-electron chi connectivity index (χ2n) is 11.2. The third-order valence-corrected chi connectivity index (χ3v) is 8.15. The van der Waals surface area contributed by atoms with Gasteiger partial charge in [-0.1, -0.05) is 80.9 Å². The SMILES string of the molecule is Cc1ccc(C2=NN3C(=N)/C(=C/c4cn(CCOc5ccc(C(C)(C)C)cc5)c5ccccc45)C(=O)N=C3S2)cc1. The number of carbonyl (C=O) groups excluding carboxylic acids is 1. The topological polar surface area (TPSA) is 83.0 Å². The number of ether oxygens (including phenoxy) is 1. The van der Waals surface area contributed by atoms with Crippen LogP contribution in [0.15, 0.2) is 94.7 Å². The first-order chi connectivity index (χ1) is 19.7. The first-order valence-electron chi connectivity index (χ1n) is 13.6. The molecule has 0 fully saturated rings. The zero-order chi connectivity index (χ0) is 28.7. The zero-order valence-corrected chi connectivity index (χ0v) is 24.3. The van der Waals surface area contributed by atoms with Crippen molar-refractivity contribution in [3.05, 3.63) is 107 Å². The van der Waals surface area contributed by atoms with E-state index in [9.17, 15) is 4.79 Å². The van der Waals surface area contributed by atoms with Crippen molar-refractivity contribution in [2.75, 3.05) is 6.61 Å². The number of benzene rings is 3. The van der Waals surface area contributed by atoms with Gasteiger partial charge in [-0.2, -0.15) is 15.1 Å². The Morgan fingerprint density at radius 2 is 1.73 bits per heavy atom. The number of aromatic nitrogens is 1. The molecule has 3 heterocycles. The Hall–Kier alpha value is -4.43. The van der Waals surface area contributed by atoms with Crippen molar-refractivity contribution in [1.82, 2.24) is 9.58 Å². The molecule has 206 valence electrons. The Morgan fingerprint density at radius 3 is 2.46 bits per heavy atom. The molecule has 0 spiro atoms. The molecule has 2 aliphatic heterocycles. The van der Waals surface area contributed by atoms with E-state index in [0.29, 0.717) is 23.4 Å². The quantitative estimate of drug-likeness (QED) is 0.257. The number of nitrogens with zero attached hydrogens (tertiary/aromatic N) is 4. The number of nitrogens with one attached hydrogen (secondary N) is 1. The highest BCUT2D eigenvalue weighted by Crippen LogP contribution is 2.32. The van der Waals surface area contributed by atoms with Crippen LogP contribution in [0.1, 0.15) is 43.0 Å². The molecule has 1 aromatic heterocycles. The first-order valence-corrected chi connectivity index (χ1v) is 14.4. The molecule has 4 aromatic rings. The summed E-state index contributed by atoms with van der Waals surface area (Å²) >= 11 is 1.30. The van der Waals surface area contributed by atoms with E-state index in [2.05, 4.69) is 53.6 Å². The number of fused-ring (bicyclic) bond motifs is 2. The van der Waals surface area contributed by atoms with E-state index in [-0.39, 0.29) is 16.8 Å². The molecule has 8 heteroatoms. The highest BCUT2D eigenvalue weighted by Gasteiger charge is 2.36. The second kappa shape index (κ2) is 10.5. The van der Waals surface area contributed by atoms with Crippen LogP contribution in [-0.4, -0.2) is 38.1 Å². The lowest BCUT2D eigenvalue weighted by Crippen LogP contribution is -2.35. The van der Waals surface area contributed by atoms with Crippen molar-refractivity contribution in [2.24, 2.45) is 10.1 Å². The second-order valence-corrected chi connectivity index (χ2v) is 12.2. The number of hydrogen-bond donors (Lipinski definition) is 1. The Bertz CT molecular complexity index is 1760. The van der Waals surface area contributed by atoms with Gasteiger partial charge in [-0.15, -0.1) is 0 Å². The first kappa shape index (κ1) is 26.8. The molecule has 1 N–H and O–H groups in total. The van der Waals surface area contributed by atoms with Gasteiger partial charge in [-0.3, -0.25) is 10.2 Å². The fraction of sp³-hybridized carbons (Fsp3) is 0.212. The normalized spacial score (nSPS) is 16.3. The minimum Gasteiger partial charge on any atom is -0.492 e. The Labute approximate surface area is 243 Å². The molecule has 0 saturated heterocycles. The Kier molecular flexibility index (Phi) is 6.87. The van der Waals surface area contributed by atoms with E-state index in [0.717, 1.165) is 33.3 Å². The van der Waals surface area contributed by atoms with E-state index in [4.69, 9.17) is 10.1 Å².